The Balaban J connectivity index is 1.79. The number of carbonyl (C=O) groups is 2. The fraction of sp³-hybridized carbons (Fsp3) is 0.0385. The number of aromatic hydroxyl groups is 1. The molecule has 0 aliphatic carbocycles. The minimum atomic E-state index is -0.639. The molecule has 0 unspecified atom stereocenters. The average Bonchev–Trinajstić information content (AvgIpc) is 2.86. The maximum atomic E-state index is 12.8. The van der Waals surface area contributed by atoms with Crippen LogP contribution in [0.4, 0.5) is 0 Å². The van der Waals surface area contributed by atoms with Crippen molar-refractivity contribution >= 4 is 40.0 Å². The van der Waals surface area contributed by atoms with Gasteiger partial charge in [0.05, 0.1) is 13.3 Å². The highest BCUT2D eigenvalue weighted by molar-refractivity contribution is 9.10. The van der Waals surface area contributed by atoms with Crippen LogP contribution >= 0.6 is 15.9 Å². The quantitative estimate of drug-likeness (QED) is 0.174. The Morgan fingerprint density at radius 2 is 1.71 bits per heavy atom. The molecular weight excluding hydrogens is 498 g/mol. The highest BCUT2D eigenvalue weighted by Crippen LogP contribution is 2.32. The number of ether oxygens (including phenoxy) is 1. The number of nitrogens with zero attached hydrogens (tertiary/aromatic N) is 1. The van der Waals surface area contributed by atoms with Crippen molar-refractivity contribution in [1.82, 2.24) is 10.7 Å². The largest absolute Gasteiger partial charge is 0.504 e. The molecule has 0 aromatic heterocycles. The lowest BCUT2D eigenvalue weighted by atomic mass is 10.2. The third kappa shape index (κ3) is 6.91. The van der Waals surface area contributed by atoms with E-state index in [4.69, 9.17) is 4.74 Å². The van der Waals surface area contributed by atoms with Gasteiger partial charge in [-0.25, -0.2) is 5.43 Å². The Morgan fingerprint density at radius 3 is 2.38 bits per heavy atom. The summed E-state index contributed by atoms with van der Waals surface area (Å²) in [4.78, 5) is 25.4. The lowest BCUT2D eigenvalue weighted by Gasteiger charge is -2.09. The van der Waals surface area contributed by atoms with Crippen LogP contribution in [0.25, 0.3) is 6.08 Å². The smallest absolute Gasteiger partial charge is 0.287 e. The van der Waals surface area contributed by atoms with Crippen LogP contribution in [0.1, 0.15) is 21.5 Å². The third-order valence-electron chi connectivity index (χ3n) is 4.54. The number of halogens is 1. The molecule has 3 N–H and O–H groups in total. The summed E-state index contributed by atoms with van der Waals surface area (Å²) in [6, 6.07) is 21.3. The summed E-state index contributed by atoms with van der Waals surface area (Å²) in [5.74, 6) is -0.945. The molecule has 0 saturated heterocycles. The van der Waals surface area contributed by atoms with Crippen LogP contribution in [0.5, 0.6) is 11.5 Å². The van der Waals surface area contributed by atoms with E-state index < -0.39 is 11.8 Å². The van der Waals surface area contributed by atoms with Crippen LogP contribution in [-0.2, 0) is 4.79 Å². The summed E-state index contributed by atoms with van der Waals surface area (Å²) in [5.41, 5.74) is 4.03. The molecule has 8 heteroatoms. The summed E-state index contributed by atoms with van der Waals surface area (Å²) in [6.45, 7) is 0. The number of carbonyl (C=O) groups excluding carboxylic acids is 2. The van der Waals surface area contributed by atoms with Crippen molar-refractivity contribution in [1.29, 1.82) is 0 Å². The van der Waals surface area contributed by atoms with Gasteiger partial charge in [0.15, 0.2) is 11.5 Å². The molecule has 3 aromatic carbocycles. The predicted octanol–water partition coefficient (Wildman–Crippen LogP) is 4.64. The van der Waals surface area contributed by atoms with Crippen molar-refractivity contribution in [2.45, 2.75) is 0 Å². The SMILES string of the molecule is COc1cc(Br)cc(/C=N/NC(=O)/C(=C/C=C/c2ccccc2)NC(=O)c2ccccc2)c1O. The molecular formula is C26H22BrN3O4. The molecule has 2 amide bonds. The second-order valence-corrected chi connectivity index (χ2v) is 7.83. The third-order valence-corrected chi connectivity index (χ3v) is 5.00. The maximum Gasteiger partial charge on any atom is 0.287 e. The molecule has 0 aliphatic rings. The number of benzene rings is 3. The van der Waals surface area contributed by atoms with Gasteiger partial charge in [0, 0.05) is 15.6 Å². The maximum absolute atomic E-state index is 12.8. The van der Waals surface area contributed by atoms with E-state index in [-0.39, 0.29) is 17.2 Å². The number of phenols is 1. The minimum absolute atomic E-state index is 0.00534. The van der Waals surface area contributed by atoms with Crippen molar-refractivity contribution < 1.29 is 19.4 Å². The number of hydrogen-bond acceptors (Lipinski definition) is 5. The number of nitrogens with one attached hydrogen (secondary N) is 2. The van der Waals surface area contributed by atoms with Gasteiger partial charge in [-0.1, -0.05) is 76.6 Å². The van der Waals surface area contributed by atoms with Crippen LogP contribution in [0, 0.1) is 0 Å². The monoisotopic (exact) mass is 519 g/mol. The van der Waals surface area contributed by atoms with Crippen molar-refractivity contribution in [2.75, 3.05) is 7.11 Å². The summed E-state index contributed by atoms with van der Waals surface area (Å²) in [5, 5.41) is 16.8. The summed E-state index contributed by atoms with van der Waals surface area (Å²) in [7, 11) is 1.43. The highest BCUT2D eigenvalue weighted by Gasteiger charge is 2.14. The first-order valence-corrected chi connectivity index (χ1v) is 11.0. The van der Waals surface area contributed by atoms with Gasteiger partial charge >= 0.3 is 0 Å². The number of hydrazone groups is 1. The number of phenolic OH excluding ortho intramolecular Hbond substituents is 1. The van der Waals surface area contributed by atoms with Gasteiger partial charge < -0.3 is 15.2 Å². The van der Waals surface area contributed by atoms with E-state index in [0.29, 0.717) is 15.6 Å². The van der Waals surface area contributed by atoms with Gasteiger partial charge in [0.25, 0.3) is 11.8 Å². The Bertz CT molecular complexity index is 1240. The van der Waals surface area contributed by atoms with Crippen LogP contribution in [0.15, 0.2) is 100 Å². The van der Waals surface area contributed by atoms with Crippen molar-refractivity contribution in [3.05, 3.63) is 112 Å². The fourth-order valence-electron chi connectivity index (χ4n) is 2.85. The topological polar surface area (TPSA) is 100 Å². The molecule has 3 aromatic rings. The number of allylic oxidation sites excluding steroid dienone is 2. The second kappa shape index (κ2) is 12.2. The van der Waals surface area contributed by atoms with Gasteiger partial charge in [0.1, 0.15) is 5.70 Å². The van der Waals surface area contributed by atoms with E-state index in [1.165, 1.54) is 19.4 Å². The van der Waals surface area contributed by atoms with Gasteiger partial charge in [0.2, 0.25) is 0 Å². The lowest BCUT2D eigenvalue weighted by Crippen LogP contribution is -2.32. The van der Waals surface area contributed by atoms with Crippen LogP contribution in [0.2, 0.25) is 0 Å². The standard InChI is InChI=1S/C26H22BrN3O4/c1-34-23-16-21(27)15-20(24(23)31)17-28-30-26(33)22(14-8-11-18-9-4-2-5-10-18)29-25(32)19-12-6-3-7-13-19/h2-17,31H,1H3,(H,29,32)(H,30,33)/b11-8+,22-14-,28-17+. The van der Waals surface area contributed by atoms with E-state index in [9.17, 15) is 14.7 Å². The summed E-state index contributed by atoms with van der Waals surface area (Å²) < 4.78 is 5.77. The molecule has 0 atom stereocenters. The molecule has 3 rings (SSSR count). The first-order chi connectivity index (χ1) is 16.5. The van der Waals surface area contributed by atoms with E-state index >= 15 is 0 Å². The Hall–Kier alpha value is -4.17. The average molecular weight is 520 g/mol. The number of rotatable bonds is 8. The fourth-order valence-corrected chi connectivity index (χ4v) is 3.30. The summed E-state index contributed by atoms with van der Waals surface area (Å²) in [6.07, 6.45) is 6.22. The zero-order valence-electron chi connectivity index (χ0n) is 18.2. The normalized spacial score (nSPS) is 11.5. The van der Waals surface area contributed by atoms with E-state index in [1.54, 1.807) is 54.6 Å². The zero-order valence-corrected chi connectivity index (χ0v) is 19.8. The van der Waals surface area contributed by atoms with Crippen LogP contribution < -0.4 is 15.5 Å². The highest BCUT2D eigenvalue weighted by atomic mass is 79.9. The molecule has 0 bridgehead atoms. The first kappa shape index (κ1) is 24.5. The van der Waals surface area contributed by atoms with Crippen molar-refractivity contribution in [3.63, 3.8) is 0 Å². The molecule has 0 aliphatic heterocycles. The molecule has 34 heavy (non-hydrogen) atoms. The predicted molar refractivity (Wildman–Crippen MR) is 136 cm³/mol. The molecule has 0 heterocycles. The number of hydrogen-bond donors (Lipinski definition) is 3. The Kier molecular flexibility index (Phi) is 8.76. The molecule has 0 saturated carbocycles. The van der Waals surface area contributed by atoms with E-state index in [0.717, 1.165) is 5.56 Å². The lowest BCUT2D eigenvalue weighted by molar-refractivity contribution is -0.117. The van der Waals surface area contributed by atoms with E-state index in [1.807, 2.05) is 30.3 Å². The van der Waals surface area contributed by atoms with E-state index in [2.05, 4.69) is 31.8 Å². The number of methoxy groups -OCH3 is 1. The zero-order chi connectivity index (χ0) is 24.3. The molecule has 0 fully saturated rings. The Labute approximate surface area is 205 Å². The van der Waals surface area contributed by atoms with Gasteiger partial charge in [-0.15, -0.1) is 0 Å². The van der Waals surface area contributed by atoms with Gasteiger partial charge in [-0.3, -0.25) is 9.59 Å². The minimum Gasteiger partial charge on any atom is -0.504 e. The molecule has 172 valence electrons. The second-order valence-electron chi connectivity index (χ2n) is 6.92. The Morgan fingerprint density at radius 1 is 1.03 bits per heavy atom. The molecule has 7 nitrogen and oxygen atoms in total. The summed E-state index contributed by atoms with van der Waals surface area (Å²) >= 11 is 3.32. The number of amides is 2. The first-order valence-electron chi connectivity index (χ1n) is 10.2. The van der Waals surface area contributed by atoms with Gasteiger partial charge in [-0.2, -0.15) is 5.10 Å². The van der Waals surface area contributed by atoms with Gasteiger partial charge in [-0.05, 0) is 35.9 Å². The molecule has 0 spiro atoms. The van der Waals surface area contributed by atoms with Crippen molar-refractivity contribution in [3.8, 4) is 11.5 Å². The van der Waals surface area contributed by atoms with Crippen molar-refractivity contribution in [2.24, 2.45) is 5.10 Å². The molecule has 0 radical (unpaired) electrons. The van der Waals surface area contributed by atoms with Crippen LogP contribution in [-0.4, -0.2) is 30.2 Å². The van der Waals surface area contributed by atoms with Crippen LogP contribution in [0.3, 0.4) is 0 Å².